The van der Waals surface area contributed by atoms with Crippen LogP contribution in [-0.4, -0.2) is 11.8 Å². The van der Waals surface area contributed by atoms with Gasteiger partial charge in [-0.05, 0) is 37.6 Å². The molecule has 92 valence electrons. The van der Waals surface area contributed by atoms with Crippen molar-refractivity contribution in [3.63, 3.8) is 0 Å². The zero-order valence-corrected chi connectivity index (χ0v) is 10.3. The fourth-order valence-corrected chi connectivity index (χ4v) is 1.12. The van der Waals surface area contributed by atoms with Crippen molar-refractivity contribution in [2.24, 2.45) is 5.10 Å². The molecule has 0 heterocycles. The van der Waals surface area contributed by atoms with E-state index >= 15 is 0 Å². The fourth-order valence-electron chi connectivity index (χ4n) is 1.12. The highest BCUT2D eigenvalue weighted by Crippen LogP contribution is 2.17. The van der Waals surface area contributed by atoms with Crippen LogP contribution in [-0.2, 0) is 0 Å². The minimum absolute atomic E-state index is 0.172. The second-order valence-corrected chi connectivity index (χ2v) is 3.66. The summed E-state index contributed by atoms with van der Waals surface area (Å²) in [4.78, 5) is 0. The van der Waals surface area contributed by atoms with Gasteiger partial charge in [0.15, 0.2) is 0 Å². The molecule has 0 bridgehead atoms. The minimum atomic E-state index is -0.213. The SMILES string of the molecule is CCC(C)Oc1ccc(NN=C(C#N)C#N)cc1. The summed E-state index contributed by atoms with van der Waals surface area (Å²) >= 11 is 0. The van der Waals surface area contributed by atoms with Gasteiger partial charge in [0, 0.05) is 0 Å². The normalized spacial score (nSPS) is 10.7. The molecule has 1 aromatic rings. The van der Waals surface area contributed by atoms with Crippen molar-refractivity contribution in [2.45, 2.75) is 26.4 Å². The number of nitriles is 2. The fraction of sp³-hybridized carbons (Fsp3) is 0.308. The van der Waals surface area contributed by atoms with Crippen molar-refractivity contribution in [2.75, 3.05) is 5.43 Å². The van der Waals surface area contributed by atoms with E-state index in [1.54, 1.807) is 24.3 Å². The van der Waals surface area contributed by atoms with E-state index in [1.165, 1.54) is 0 Å². The summed E-state index contributed by atoms with van der Waals surface area (Å²) in [7, 11) is 0. The highest BCUT2D eigenvalue weighted by atomic mass is 16.5. The molecular weight excluding hydrogens is 228 g/mol. The molecule has 0 aliphatic heterocycles. The van der Waals surface area contributed by atoms with E-state index in [2.05, 4.69) is 17.5 Å². The first-order chi connectivity index (χ1) is 8.69. The molecule has 0 aliphatic rings. The van der Waals surface area contributed by atoms with E-state index in [1.807, 2.05) is 19.1 Å². The zero-order valence-electron chi connectivity index (χ0n) is 10.3. The molecule has 5 nitrogen and oxygen atoms in total. The summed E-state index contributed by atoms with van der Waals surface area (Å²) in [6.45, 7) is 4.06. The molecule has 0 aliphatic carbocycles. The lowest BCUT2D eigenvalue weighted by atomic mass is 10.3. The van der Waals surface area contributed by atoms with Crippen LogP contribution in [0.5, 0.6) is 5.75 Å². The summed E-state index contributed by atoms with van der Waals surface area (Å²) in [6.07, 6.45) is 1.11. The van der Waals surface area contributed by atoms with E-state index < -0.39 is 0 Å². The summed E-state index contributed by atoms with van der Waals surface area (Å²) in [6, 6.07) is 10.5. The Morgan fingerprint density at radius 2 is 1.94 bits per heavy atom. The van der Waals surface area contributed by atoms with Gasteiger partial charge in [0.05, 0.1) is 11.8 Å². The third-order valence-corrected chi connectivity index (χ3v) is 2.28. The molecule has 0 spiro atoms. The lowest BCUT2D eigenvalue weighted by Crippen LogP contribution is -2.09. The standard InChI is InChI=1S/C13H14N4O/c1-3-10(2)18-13-6-4-11(5-7-13)16-17-12(8-14)9-15/h4-7,10,16H,3H2,1-2H3. The predicted molar refractivity (Wildman–Crippen MR) is 69.1 cm³/mol. The minimum Gasteiger partial charge on any atom is -0.491 e. The Bertz CT molecular complexity index is 477. The van der Waals surface area contributed by atoms with Gasteiger partial charge in [-0.15, -0.1) is 0 Å². The highest BCUT2D eigenvalue weighted by molar-refractivity contribution is 6.10. The number of hydrazone groups is 1. The van der Waals surface area contributed by atoms with Crippen LogP contribution in [0, 0.1) is 22.7 Å². The molecule has 18 heavy (non-hydrogen) atoms. The van der Waals surface area contributed by atoms with Crippen molar-refractivity contribution in [1.29, 1.82) is 10.5 Å². The average molecular weight is 242 g/mol. The second-order valence-electron chi connectivity index (χ2n) is 3.66. The van der Waals surface area contributed by atoms with Gasteiger partial charge in [0.1, 0.15) is 17.9 Å². The van der Waals surface area contributed by atoms with E-state index in [-0.39, 0.29) is 11.8 Å². The van der Waals surface area contributed by atoms with Gasteiger partial charge < -0.3 is 4.74 Å². The topological polar surface area (TPSA) is 81.2 Å². The highest BCUT2D eigenvalue weighted by Gasteiger charge is 2.00. The second kappa shape index (κ2) is 6.93. The Kier molecular flexibility index (Phi) is 5.21. The number of hydrogen-bond acceptors (Lipinski definition) is 5. The van der Waals surface area contributed by atoms with Gasteiger partial charge >= 0.3 is 0 Å². The third kappa shape index (κ3) is 4.15. The van der Waals surface area contributed by atoms with E-state index in [4.69, 9.17) is 15.3 Å². The van der Waals surface area contributed by atoms with Crippen molar-refractivity contribution < 1.29 is 4.74 Å². The van der Waals surface area contributed by atoms with Crippen molar-refractivity contribution >= 4 is 11.4 Å². The van der Waals surface area contributed by atoms with Gasteiger partial charge in [-0.3, -0.25) is 5.43 Å². The van der Waals surface area contributed by atoms with Crippen LogP contribution in [0.1, 0.15) is 20.3 Å². The van der Waals surface area contributed by atoms with E-state index in [0.29, 0.717) is 5.69 Å². The number of nitrogens with one attached hydrogen (secondary N) is 1. The molecule has 1 unspecified atom stereocenters. The molecule has 1 atom stereocenters. The smallest absolute Gasteiger partial charge is 0.237 e. The van der Waals surface area contributed by atoms with Crippen LogP contribution in [0.3, 0.4) is 0 Å². The summed E-state index contributed by atoms with van der Waals surface area (Å²) < 4.78 is 5.62. The van der Waals surface area contributed by atoms with E-state index in [9.17, 15) is 0 Å². The van der Waals surface area contributed by atoms with Crippen LogP contribution in [0.2, 0.25) is 0 Å². The maximum Gasteiger partial charge on any atom is 0.237 e. The Balaban J connectivity index is 2.64. The maximum absolute atomic E-state index is 8.51. The largest absolute Gasteiger partial charge is 0.491 e. The number of benzene rings is 1. The zero-order chi connectivity index (χ0) is 13.4. The molecule has 1 N–H and O–H groups in total. The molecule has 1 aromatic carbocycles. The third-order valence-electron chi connectivity index (χ3n) is 2.28. The monoisotopic (exact) mass is 242 g/mol. The van der Waals surface area contributed by atoms with Crippen LogP contribution < -0.4 is 10.2 Å². The molecule has 0 amide bonds. The molecule has 5 heteroatoms. The van der Waals surface area contributed by atoms with Crippen molar-refractivity contribution in [1.82, 2.24) is 0 Å². The molecule has 0 fully saturated rings. The summed E-state index contributed by atoms with van der Waals surface area (Å²) in [5.74, 6) is 0.777. The maximum atomic E-state index is 8.51. The quantitative estimate of drug-likeness (QED) is 0.635. The first-order valence-corrected chi connectivity index (χ1v) is 5.60. The average Bonchev–Trinajstić information content (AvgIpc) is 2.41. The van der Waals surface area contributed by atoms with Crippen molar-refractivity contribution in [3.05, 3.63) is 24.3 Å². The van der Waals surface area contributed by atoms with Gasteiger partial charge in [0.2, 0.25) is 5.71 Å². The van der Waals surface area contributed by atoms with Gasteiger partial charge in [-0.25, -0.2) is 0 Å². The van der Waals surface area contributed by atoms with Crippen LogP contribution in [0.4, 0.5) is 5.69 Å². The Morgan fingerprint density at radius 3 is 2.44 bits per heavy atom. The Hall–Kier alpha value is -2.53. The van der Waals surface area contributed by atoms with Gasteiger partial charge in [0.25, 0.3) is 0 Å². The van der Waals surface area contributed by atoms with Crippen molar-refractivity contribution in [3.8, 4) is 17.9 Å². The Labute approximate surface area is 106 Å². The van der Waals surface area contributed by atoms with Crippen LogP contribution in [0.15, 0.2) is 29.4 Å². The molecule has 1 rings (SSSR count). The van der Waals surface area contributed by atoms with E-state index in [0.717, 1.165) is 12.2 Å². The van der Waals surface area contributed by atoms with Gasteiger partial charge in [-0.1, -0.05) is 6.92 Å². The lowest BCUT2D eigenvalue weighted by Gasteiger charge is -2.12. The summed E-state index contributed by atoms with van der Waals surface area (Å²) in [5.41, 5.74) is 3.10. The number of rotatable bonds is 5. The lowest BCUT2D eigenvalue weighted by molar-refractivity contribution is 0.217. The molecule has 0 saturated carbocycles. The summed E-state index contributed by atoms with van der Waals surface area (Å²) in [5, 5.41) is 20.7. The van der Waals surface area contributed by atoms with Gasteiger partial charge in [-0.2, -0.15) is 15.6 Å². The number of nitrogens with zero attached hydrogens (tertiary/aromatic N) is 3. The van der Waals surface area contributed by atoms with Crippen LogP contribution in [0.25, 0.3) is 0 Å². The number of anilines is 1. The number of hydrogen-bond donors (Lipinski definition) is 1. The first-order valence-electron chi connectivity index (χ1n) is 5.60. The first kappa shape index (κ1) is 13.5. The Morgan fingerprint density at radius 1 is 1.33 bits per heavy atom. The predicted octanol–water partition coefficient (Wildman–Crippen LogP) is 2.68. The molecule has 0 aromatic heterocycles. The molecule has 0 saturated heterocycles. The number of ether oxygens (including phenoxy) is 1. The van der Waals surface area contributed by atoms with Crippen LogP contribution >= 0.6 is 0 Å². The molecule has 0 radical (unpaired) electrons. The molecular formula is C13H14N4O.